The highest BCUT2D eigenvalue weighted by atomic mass is 14.9. The Bertz CT molecular complexity index is 559. The summed E-state index contributed by atoms with van der Waals surface area (Å²) >= 11 is 0. The van der Waals surface area contributed by atoms with Gasteiger partial charge in [0.15, 0.2) is 0 Å². The molecule has 2 rings (SSSR count). The highest BCUT2D eigenvalue weighted by molar-refractivity contribution is 5.86. The molecule has 0 aliphatic carbocycles. The molecule has 1 N–H and O–H groups in total. The summed E-state index contributed by atoms with van der Waals surface area (Å²) in [5.74, 6) is 0. The van der Waals surface area contributed by atoms with Crippen molar-refractivity contribution >= 4 is 10.8 Å². The molecule has 1 heteroatoms. The van der Waals surface area contributed by atoms with Crippen LogP contribution in [0.15, 0.2) is 54.1 Å². The molecule has 1 unspecified atom stereocenters. The van der Waals surface area contributed by atoms with Crippen LogP contribution in [0.2, 0.25) is 0 Å². The maximum absolute atomic E-state index is 3.63. The third-order valence-electron chi connectivity index (χ3n) is 3.27. The highest BCUT2D eigenvalue weighted by Gasteiger charge is 2.10. The van der Waals surface area contributed by atoms with E-state index < -0.39 is 0 Å². The van der Waals surface area contributed by atoms with E-state index >= 15 is 0 Å². The summed E-state index contributed by atoms with van der Waals surface area (Å²) in [5.41, 5.74) is 2.72. The monoisotopic (exact) mass is 253 g/mol. The molecule has 0 saturated carbocycles. The SMILES string of the molecule is CCCNC(C=C(C)C)c1cccc2ccccc12. The van der Waals surface area contributed by atoms with E-state index in [1.54, 1.807) is 0 Å². The Kier molecular flexibility index (Phi) is 4.75. The molecule has 0 aromatic heterocycles. The molecule has 19 heavy (non-hydrogen) atoms. The Hall–Kier alpha value is -1.60. The number of hydrogen-bond donors (Lipinski definition) is 1. The van der Waals surface area contributed by atoms with Gasteiger partial charge in [-0.3, -0.25) is 0 Å². The Morgan fingerprint density at radius 1 is 1.11 bits per heavy atom. The molecule has 0 radical (unpaired) electrons. The van der Waals surface area contributed by atoms with E-state index in [0.717, 1.165) is 13.0 Å². The fourth-order valence-electron chi connectivity index (χ4n) is 2.41. The predicted molar refractivity (Wildman–Crippen MR) is 84.4 cm³/mol. The van der Waals surface area contributed by atoms with E-state index in [4.69, 9.17) is 0 Å². The van der Waals surface area contributed by atoms with E-state index in [1.807, 2.05) is 0 Å². The molecule has 0 spiro atoms. The fraction of sp³-hybridized carbons (Fsp3) is 0.333. The van der Waals surface area contributed by atoms with E-state index in [9.17, 15) is 0 Å². The minimum atomic E-state index is 0.302. The lowest BCUT2D eigenvalue weighted by molar-refractivity contribution is 0.613. The predicted octanol–water partition coefficient (Wildman–Crippen LogP) is 4.85. The summed E-state index contributed by atoms with van der Waals surface area (Å²) in [7, 11) is 0. The first-order valence-corrected chi connectivity index (χ1v) is 7.08. The number of rotatable bonds is 5. The van der Waals surface area contributed by atoms with Gasteiger partial charge in [-0.2, -0.15) is 0 Å². The average molecular weight is 253 g/mol. The zero-order chi connectivity index (χ0) is 13.7. The lowest BCUT2D eigenvalue weighted by Gasteiger charge is -2.18. The third-order valence-corrected chi connectivity index (χ3v) is 3.27. The van der Waals surface area contributed by atoms with Crippen LogP contribution in [0.1, 0.15) is 38.8 Å². The molecule has 1 nitrogen and oxygen atoms in total. The quantitative estimate of drug-likeness (QED) is 0.751. The molecule has 0 fully saturated rings. The smallest absolute Gasteiger partial charge is 0.0514 e. The van der Waals surface area contributed by atoms with Gasteiger partial charge in [0.05, 0.1) is 6.04 Å². The number of benzene rings is 2. The van der Waals surface area contributed by atoms with E-state index in [2.05, 4.69) is 74.6 Å². The Morgan fingerprint density at radius 3 is 2.58 bits per heavy atom. The van der Waals surface area contributed by atoms with Crippen LogP contribution < -0.4 is 5.32 Å². The standard InChI is InChI=1S/C18H23N/c1-4-12-19-18(13-14(2)3)17-11-7-9-15-8-5-6-10-16(15)17/h5-11,13,18-19H,4,12H2,1-3H3. The number of nitrogens with one attached hydrogen (secondary N) is 1. The molecule has 2 aromatic carbocycles. The first-order valence-electron chi connectivity index (χ1n) is 7.08. The van der Waals surface area contributed by atoms with Crippen molar-refractivity contribution in [3.05, 3.63) is 59.7 Å². The van der Waals surface area contributed by atoms with Gasteiger partial charge < -0.3 is 5.32 Å². The number of fused-ring (bicyclic) bond motifs is 1. The lowest BCUT2D eigenvalue weighted by Crippen LogP contribution is -2.20. The van der Waals surface area contributed by atoms with Crippen molar-refractivity contribution in [3.63, 3.8) is 0 Å². The van der Waals surface area contributed by atoms with Crippen LogP contribution in [0.4, 0.5) is 0 Å². The molecular weight excluding hydrogens is 230 g/mol. The summed E-state index contributed by atoms with van der Waals surface area (Å²) in [6.45, 7) is 7.56. The van der Waals surface area contributed by atoms with Gasteiger partial charge in [-0.1, -0.05) is 61.0 Å². The first-order chi connectivity index (χ1) is 9.22. The summed E-state index contributed by atoms with van der Waals surface area (Å²) in [4.78, 5) is 0. The zero-order valence-corrected chi connectivity index (χ0v) is 12.1. The lowest BCUT2D eigenvalue weighted by atomic mass is 9.97. The normalized spacial score (nSPS) is 12.4. The minimum Gasteiger partial charge on any atom is -0.307 e. The van der Waals surface area contributed by atoms with Gasteiger partial charge >= 0.3 is 0 Å². The molecule has 0 amide bonds. The molecule has 0 saturated heterocycles. The molecule has 100 valence electrons. The average Bonchev–Trinajstić information content (AvgIpc) is 2.42. The fourth-order valence-corrected chi connectivity index (χ4v) is 2.41. The highest BCUT2D eigenvalue weighted by Crippen LogP contribution is 2.25. The summed E-state index contributed by atoms with van der Waals surface area (Å²) in [6.07, 6.45) is 3.47. The second kappa shape index (κ2) is 6.53. The van der Waals surface area contributed by atoms with Crippen molar-refractivity contribution in [3.8, 4) is 0 Å². The van der Waals surface area contributed by atoms with Crippen LogP contribution in [0.25, 0.3) is 10.8 Å². The topological polar surface area (TPSA) is 12.0 Å². The van der Waals surface area contributed by atoms with Crippen molar-refractivity contribution in [2.75, 3.05) is 6.54 Å². The minimum absolute atomic E-state index is 0.302. The second-order valence-electron chi connectivity index (χ2n) is 5.24. The van der Waals surface area contributed by atoms with Gasteiger partial charge in [0.2, 0.25) is 0 Å². The van der Waals surface area contributed by atoms with Gasteiger partial charge in [0.1, 0.15) is 0 Å². The summed E-state index contributed by atoms with van der Waals surface area (Å²) < 4.78 is 0. The van der Waals surface area contributed by atoms with E-state index in [1.165, 1.54) is 21.9 Å². The summed E-state index contributed by atoms with van der Waals surface area (Å²) in [6, 6.07) is 15.5. The Balaban J connectivity index is 2.46. The second-order valence-corrected chi connectivity index (χ2v) is 5.24. The summed E-state index contributed by atoms with van der Waals surface area (Å²) in [5, 5.41) is 6.29. The van der Waals surface area contributed by atoms with Crippen LogP contribution in [0.3, 0.4) is 0 Å². The molecule has 0 aliphatic rings. The zero-order valence-electron chi connectivity index (χ0n) is 12.1. The molecule has 0 aliphatic heterocycles. The van der Waals surface area contributed by atoms with Crippen LogP contribution in [0, 0.1) is 0 Å². The van der Waals surface area contributed by atoms with Crippen molar-refractivity contribution in [1.29, 1.82) is 0 Å². The van der Waals surface area contributed by atoms with Crippen LogP contribution in [0.5, 0.6) is 0 Å². The van der Waals surface area contributed by atoms with Gasteiger partial charge in [-0.05, 0) is 43.1 Å². The van der Waals surface area contributed by atoms with Crippen molar-refractivity contribution in [2.24, 2.45) is 0 Å². The van der Waals surface area contributed by atoms with Crippen LogP contribution in [-0.2, 0) is 0 Å². The maximum Gasteiger partial charge on any atom is 0.0514 e. The number of allylic oxidation sites excluding steroid dienone is 1. The Morgan fingerprint density at radius 2 is 1.84 bits per heavy atom. The van der Waals surface area contributed by atoms with Gasteiger partial charge in [-0.25, -0.2) is 0 Å². The molecule has 0 heterocycles. The Labute approximate surface area is 116 Å². The molecule has 1 atom stereocenters. The van der Waals surface area contributed by atoms with Crippen molar-refractivity contribution < 1.29 is 0 Å². The van der Waals surface area contributed by atoms with E-state index in [-0.39, 0.29) is 0 Å². The van der Waals surface area contributed by atoms with Gasteiger partial charge in [-0.15, -0.1) is 0 Å². The van der Waals surface area contributed by atoms with E-state index in [0.29, 0.717) is 6.04 Å². The molecule has 0 bridgehead atoms. The third kappa shape index (κ3) is 3.45. The molecular formula is C18H23N. The first kappa shape index (κ1) is 13.8. The van der Waals surface area contributed by atoms with Crippen LogP contribution in [-0.4, -0.2) is 6.54 Å². The van der Waals surface area contributed by atoms with Gasteiger partial charge in [0, 0.05) is 0 Å². The largest absolute Gasteiger partial charge is 0.307 e. The molecule has 2 aromatic rings. The number of hydrogen-bond acceptors (Lipinski definition) is 1. The van der Waals surface area contributed by atoms with Gasteiger partial charge in [0.25, 0.3) is 0 Å². The van der Waals surface area contributed by atoms with Crippen molar-refractivity contribution in [1.82, 2.24) is 5.32 Å². The maximum atomic E-state index is 3.63. The van der Waals surface area contributed by atoms with Crippen molar-refractivity contribution in [2.45, 2.75) is 33.2 Å². The van der Waals surface area contributed by atoms with Crippen LogP contribution >= 0.6 is 0 Å².